The third-order valence-electron chi connectivity index (χ3n) is 3.06. The van der Waals surface area contributed by atoms with Gasteiger partial charge in [-0.05, 0) is 35.9 Å². The van der Waals surface area contributed by atoms with Gasteiger partial charge in [0.2, 0.25) is 0 Å². The van der Waals surface area contributed by atoms with E-state index < -0.39 is 4.92 Å². The van der Waals surface area contributed by atoms with Crippen LogP contribution in [-0.4, -0.2) is 12.0 Å². The monoisotopic (exact) mass is 301 g/mol. The van der Waals surface area contributed by atoms with Crippen molar-refractivity contribution in [1.82, 2.24) is 0 Å². The van der Waals surface area contributed by atoms with E-state index in [1.54, 1.807) is 18.2 Å². The number of hydrogen-bond donors (Lipinski definition) is 0. The molecule has 21 heavy (non-hydrogen) atoms. The third kappa shape index (κ3) is 3.50. The van der Waals surface area contributed by atoms with Crippen molar-refractivity contribution in [2.45, 2.75) is 6.54 Å². The average Bonchev–Trinajstić information content (AvgIpc) is 2.49. The summed E-state index contributed by atoms with van der Waals surface area (Å²) in [4.78, 5) is 12.3. The van der Waals surface area contributed by atoms with Crippen LogP contribution in [0.25, 0.3) is 0 Å². The fraction of sp³-hybridized carbons (Fsp3) is 0.133. The van der Waals surface area contributed by atoms with E-state index in [1.165, 1.54) is 12.1 Å². The number of nitro benzene ring substituents is 1. The van der Waals surface area contributed by atoms with Crippen LogP contribution in [0.2, 0.25) is 5.02 Å². The van der Waals surface area contributed by atoms with E-state index in [0.29, 0.717) is 12.1 Å². The van der Waals surface area contributed by atoms with Crippen LogP contribution >= 0.6 is 11.6 Å². The minimum absolute atomic E-state index is 0.0950. The van der Waals surface area contributed by atoms with E-state index in [1.807, 2.05) is 24.1 Å². The second kappa shape index (κ2) is 6.25. The lowest BCUT2D eigenvalue weighted by atomic mass is 10.1. The molecule has 0 aromatic heterocycles. The van der Waals surface area contributed by atoms with Gasteiger partial charge in [-0.2, -0.15) is 5.26 Å². The highest BCUT2D eigenvalue weighted by Crippen LogP contribution is 2.26. The standard InChI is InChI=1S/C15H12ClN3O2/c1-18(13-5-2-11(9-17)3-6-13)10-12-4-7-14(16)15(8-12)19(20)21/h2-8H,10H2,1H3. The smallest absolute Gasteiger partial charge is 0.288 e. The van der Waals surface area contributed by atoms with E-state index >= 15 is 0 Å². The van der Waals surface area contributed by atoms with Crippen LogP contribution in [0.5, 0.6) is 0 Å². The van der Waals surface area contributed by atoms with Gasteiger partial charge in [0.25, 0.3) is 5.69 Å². The van der Waals surface area contributed by atoms with E-state index in [-0.39, 0.29) is 10.7 Å². The van der Waals surface area contributed by atoms with Crippen LogP contribution in [0.4, 0.5) is 11.4 Å². The van der Waals surface area contributed by atoms with Gasteiger partial charge < -0.3 is 4.90 Å². The summed E-state index contributed by atoms with van der Waals surface area (Å²) in [6, 6.07) is 14.0. The van der Waals surface area contributed by atoms with Gasteiger partial charge in [-0.25, -0.2) is 0 Å². The Morgan fingerprint density at radius 3 is 2.52 bits per heavy atom. The molecule has 0 radical (unpaired) electrons. The molecule has 0 aliphatic rings. The van der Waals surface area contributed by atoms with Gasteiger partial charge in [0.05, 0.1) is 16.6 Å². The van der Waals surface area contributed by atoms with Gasteiger partial charge in [0.15, 0.2) is 0 Å². The molecule has 0 saturated carbocycles. The summed E-state index contributed by atoms with van der Waals surface area (Å²) in [5.41, 5.74) is 2.21. The predicted molar refractivity (Wildman–Crippen MR) is 81.4 cm³/mol. The van der Waals surface area contributed by atoms with Crippen molar-refractivity contribution in [1.29, 1.82) is 5.26 Å². The van der Waals surface area contributed by atoms with Crippen molar-refractivity contribution in [3.05, 3.63) is 68.7 Å². The van der Waals surface area contributed by atoms with Crippen LogP contribution in [0.1, 0.15) is 11.1 Å². The van der Waals surface area contributed by atoms with E-state index in [0.717, 1.165) is 11.3 Å². The van der Waals surface area contributed by atoms with Gasteiger partial charge in [-0.1, -0.05) is 17.7 Å². The largest absolute Gasteiger partial charge is 0.370 e. The third-order valence-corrected chi connectivity index (χ3v) is 3.38. The van der Waals surface area contributed by atoms with Crippen molar-refractivity contribution in [2.75, 3.05) is 11.9 Å². The summed E-state index contributed by atoms with van der Waals surface area (Å²) in [5, 5.41) is 19.8. The van der Waals surface area contributed by atoms with Gasteiger partial charge in [-0.15, -0.1) is 0 Å². The normalized spacial score (nSPS) is 9.95. The Hall–Kier alpha value is -2.58. The van der Waals surface area contributed by atoms with Gasteiger partial charge in [-0.3, -0.25) is 10.1 Å². The van der Waals surface area contributed by atoms with Crippen molar-refractivity contribution < 1.29 is 4.92 Å². The molecule has 2 rings (SSSR count). The highest BCUT2D eigenvalue weighted by Gasteiger charge is 2.13. The minimum Gasteiger partial charge on any atom is -0.370 e. The molecular formula is C15H12ClN3O2. The lowest BCUT2D eigenvalue weighted by Crippen LogP contribution is -2.16. The number of hydrogen-bond acceptors (Lipinski definition) is 4. The fourth-order valence-corrected chi connectivity index (χ4v) is 2.14. The lowest BCUT2D eigenvalue weighted by Gasteiger charge is -2.19. The van der Waals surface area contributed by atoms with Crippen LogP contribution in [0.3, 0.4) is 0 Å². The summed E-state index contributed by atoms with van der Waals surface area (Å²) in [7, 11) is 1.88. The fourth-order valence-electron chi connectivity index (χ4n) is 1.95. The first kappa shape index (κ1) is 14.8. The Balaban J connectivity index is 2.19. The Morgan fingerprint density at radius 1 is 1.29 bits per heavy atom. The number of halogens is 1. The molecule has 0 unspecified atom stereocenters. The summed E-state index contributed by atoms with van der Waals surface area (Å²) in [5.74, 6) is 0. The highest BCUT2D eigenvalue weighted by atomic mass is 35.5. The molecule has 0 bridgehead atoms. The molecule has 0 aliphatic heterocycles. The maximum atomic E-state index is 10.9. The molecule has 0 fully saturated rings. The average molecular weight is 302 g/mol. The van der Waals surface area contributed by atoms with Gasteiger partial charge in [0.1, 0.15) is 5.02 Å². The summed E-state index contributed by atoms with van der Waals surface area (Å²) in [6.45, 7) is 0.504. The summed E-state index contributed by atoms with van der Waals surface area (Å²) >= 11 is 5.79. The van der Waals surface area contributed by atoms with Crippen LogP contribution < -0.4 is 4.90 Å². The maximum absolute atomic E-state index is 10.9. The molecule has 0 saturated heterocycles. The number of nitrogens with zero attached hydrogens (tertiary/aromatic N) is 3. The van der Waals surface area contributed by atoms with Crippen molar-refractivity contribution in [2.24, 2.45) is 0 Å². The second-order valence-corrected chi connectivity index (χ2v) is 4.96. The van der Waals surface area contributed by atoms with Crippen molar-refractivity contribution in [3.8, 4) is 6.07 Å². The number of anilines is 1. The minimum atomic E-state index is -0.493. The number of rotatable bonds is 4. The van der Waals surface area contributed by atoms with Crippen molar-refractivity contribution in [3.63, 3.8) is 0 Å². The van der Waals surface area contributed by atoms with Gasteiger partial charge in [0, 0.05) is 25.3 Å². The molecule has 5 nitrogen and oxygen atoms in total. The SMILES string of the molecule is CN(Cc1ccc(Cl)c([N+](=O)[O-])c1)c1ccc(C#N)cc1. The molecule has 0 heterocycles. The van der Waals surface area contributed by atoms with Crippen LogP contribution in [-0.2, 0) is 6.54 Å². The lowest BCUT2D eigenvalue weighted by molar-refractivity contribution is -0.384. The first-order chi connectivity index (χ1) is 10.0. The summed E-state index contributed by atoms with van der Waals surface area (Å²) in [6.07, 6.45) is 0. The van der Waals surface area contributed by atoms with Gasteiger partial charge >= 0.3 is 0 Å². The zero-order valence-corrected chi connectivity index (χ0v) is 12.0. The number of nitro groups is 1. The Labute approximate surface area is 127 Å². The Kier molecular flexibility index (Phi) is 4.41. The molecule has 0 atom stereocenters. The van der Waals surface area contributed by atoms with E-state index in [2.05, 4.69) is 6.07 Å². The second-order valence-electron chi connectivity index (χ2n) is 4.56. The number of nitriles is 1. The van der Waals surface area contributed by atoms with E-state index in [9.17, 15) is 10.1 Å². The zero-order chi connectivity index (χ0) is 15.4. The number of benzene rings is 2. The molecule has 0 aliphatic carbocycles. The summed E-state index contributed by atoms with van der Waals surface area (Å²) < 4.78 is 0. The molecular weight excluding hydrogens is 290 g/mol. The first-order valence-corrected chi connectivity index (χ1v) is 6.53. The topological polar surface area (TPSA) is 70.2 Å². The molecule has 0 N–H and O–H groups in total. The van der Waals surface area contributed by atoms with E-state index in [4.69, 9.17) is 16.9 Å². The molecule has 0 spiro atoms. The molecule has 106 valence electrons. The Morgan fingerprint density at radius 2 is 1.95 bits per heavy atom. The Bertz CT molecular complexity index is 708. The maximum Gasteiger partial charge on any atom is 0.288 e. The quantitative estimate of drug-likeness (QED) is 0.637. The predicted octanol–water partition coefficient (Wildman–Crippen LogP) is 3.76. The molecule has 0 amide bonds. The zero-order valence-electron chi connectivity index (χ0n) is 11.3. The van der Waals surface area contributed by atoms with Crippen LogP contribution in [0.15, 0.2) is 42.5 Å². The highest BCUT2D eigenvalue weighted by molar-refractivity contribution is 6.32. The van der Waals surface area contributed by atoms with Crippen LogP contribution in [0, 0.1) is 21.4 Å². The van der Waals surface area contributed by atoms with Crippen molar-refractivity contribution >= 4 is 23.0 Å². The molecule has 2 aromatic carbocycles. The molecule has 6 heteroatoms. The first-order valence-electron chi connectivity index (χ1n) is 6.15. The molecule has 2 aromatic rings.